The van der Waals surface area contributed by atoms with Crippen molar-refractivity contribution >= 4 is 27.5 Å². The van der Waals surface area contributed by atoms with Gasteiger partial charge in [0, 0.05) is 28.7 Å². The summed E-state index contributed by atoms with van der Waals surface area (Å²) in [5, 5.41) is 0.681. The van der Waals surface area contributed by atoms with E-state index in [1.165, 1.54) is 0 Å². The molecule has 1 aromatic carbocycles. The standard InChI is InChI=1S/C9H11BrClNO/c1-13-9(5-12)7-4-6(10)2-3-8(7)11/h2-4,9H,5,12H2,1H3. The van der Waals surface area contributed by atoms with E-state index >= 15 is 0 Å². The molecule has 2 N–H and O–H groups in total. The molecule has 0 fully saturated rings. The molecular formula is C9H11BrClNO. The van der Waals surface area contributed by atoms with Gasteiger partial charge in [-0.3, -0.25) is 0 Å². The van der Waals surface area contributed by atoms with Gasteiger partial charge >= 0.3 is 0 Å². The molecule has 1 aromatic rings. The molecule has 0 radical (unpaired) electrons. The highest BCUT2D eigenvalue weighted by Crippen LogP contribution is 2.27. The summed E-state index contributed by atoms with van der Waals surface area (Å²) >= 11 is 9.36. The van der Waals surface area contributed by atoms with Crippen molar-refractivity contribution in [2.24, 2.45) is 5.73 Å². The quantitative estimate of drug-likeness (QED) is 0.911. The Labute approximate surface area is 91.2 Å². The van der Waals surface area contributed by atoms with Crippen LogP contribution < -0.4 is 5.73 Å². The van der Waals surface area contributed by atoms with Crippen molar-refractivity contribution < 1.29 is 4.74 Å². The molecule has 1 rings (SSSR count). The van der Waals surface area contributed by atoms with E-state index in [9.17, 15) is 0 Å². The first-order valence-corrected chi connectivity index (χ1v) is 5.04. The van der Waals surface area contributed by atoms with Crippen molar-refractivity contribution in [1.29, 1.82) is 0 Å². The third-order valence-electron chi connectivity index (χ3n) is 1.80. The van der Waals surface area contributed by atoms with Gasteiger partial charge < -0.3 is 10.5 Å². The van der Waals surface area contributed by atoms with E-state index in [1.54, 1.807) is 7.11 Å². The summed E-state index contributed by atoms with van der Waals surface area (Å²) in [6, 6.07) is 5.63. The first-order chi connectivity index (χ1) is 6.19. The Hall–Kier alpha value is -0.0900. The maximum absolute atomic E-state index is 5.99. The Morgan fingerprint density at radius 1 is 1.62 bits per heavy atom. The summed E-state index contributed by atoms with van der Waals surface area (Å²) in [5.41, 5.74) is 6.45. The molecule has 13 heavy (non-hydrogen) atoms. The minimum Gasteiger partial charge on any atom is -0.375 e. The highest BCUT2D eigenvalue weighted by Gasteiger charge is 2.12. The van der Waals surface area contributed by atoms with Crippen molar-refractivity contribution in [3.8, 4) is 0 Å². The number of ether oxygens (including phenoxy) is 1. The fraction of sp³-hybridized carbons (Fsp3) is 0.333. The lowest BCUT2D eigenvalue weighted by Gasteiger charge is -2.14. The number of hydrogen-bond donors (Lipinski definition) is 1. The van der Waals surface area contributed by atoms with Gasteiger partial charge in [-0.05, 0) is 18.2 Å². The lowest BCUT2D eigenvalue weighted by Crippen LogP contribution is -2.14. The van der Waals surface area contributed by atoms with Crippen LogP contribution in [0.2, 0.25) is 5.02 Å². The highest BCUT2D eigenvalue weighted by molar-refractivity contribution is 9.10. The molecule has 4 heteroatoms. The molecule has 0 heterocycles. The van der Waals surface area contributed by atoms with E-state index in [-0.39, 0.29) is 6.10 Å². The van der Waals surface area contributed by atoms with Gasteiger partial charge in [0.05, 0.1) is 6.10 Å². The van der Waals surface area contributed by atoms with E-state index in [0.717, 1.165) is 10.0 Å². The van der Waals surface area contributed by atoms with Gasteiger partial charge in [0.2, 0.25) is 0 Å². The van der Waals surface area contributed by atoms with Crippen LogP contribution >= 0.6 is 27.5 Å². The van der Waals surface area contributed by atoms with Crippen LogP contribution in [0.4, 0.5) is 0 Å². The maximum Gasteiger partial charge on any atom is 0.0958 e. The summed E-state index contributed by atoms with van der Waals surface area (Å²) < 4.78 is 6.17. The summed E-state index contributed by atoms with van der Waals surface area (Å²) in [7, 11) is 1.62. The predicted octanol–water partition coefficient (Wildman–Crippen LogP) is 2.75. The van der Waals surface area contributed by atoms with Gasteiger partial charge in [0.15, 0.2) is 0 Å². The van der Waals surface area contributed by atoms with Gasteiger partial charge in [-0.25, -0.2) is 0 Å². The minimum atomic E-state index is -0.134. The second-order valence-corrected chi connectivity index (χ2v) is 3.95. The molecular weight excluding hydrogens is 253 g/mol. The molecule has 0 saturated carbocycles. The third kappa shape index (κ3) is 2.68. The third-order valence-corrected chi connectivity index (χ3v) is 2.64. The molecule has 0 bridgehead atoms. The molecule has 0 aliphatic carbocycles. The van der Waals surface area contributed by atoms with Gasteiger partial charge in [-0.2, -0.15) is 0 Å². The van der Waals surface area contributed by atoms with Gasteiger partial charge in [0.25, 0.3) is 0 Å². The largest absolute Gasteiger partial charge is 0.375 e. The first kappa shape index (κ1) is 11.0. The minimum absolute atomic E-state index is 0.134. The van der Waals surface area contributed by atoms with E-state index < -0.39 is 0 Å². The Morgan fingerprint density at radius 3 is 2.85 bits per heavy atom. The molecule has 0 spiro atoms. The van der Waals surface area contributed by atoms with Gasteiger partial charge in [0.1, 0.15) is 0 Å². The SMILES string of the molecule is COC(CN)c1cc(Br)ccc1Cl. The average molecular weight is 265 g/mol. The highest BCUT2D eigenvalue weighted by atomic mass is 79.9. The molecule has 0 aromatic heterocycles. The number of rotatable bonds is 3. The Morgan fingerprint density at radius 2 is 2.31 bits per heavy atom. The summed E-state index contributed by atoms with van der Waals surface area (Å²) in [6.45, 7) is 0.423. The van der Waals surface area contributed by atoms with Gasteiger partial charge in [-0.15, -0.1) is 0 Å². The van der Waals surface area contributed by atoms with E-state index in [1.807, 2.05) is 18.2 Å². The molecule has 2 nitrogen and oxygen atoms in total. The second-order valence-electron chi connectivity index (χ2n) is 2.63. The monoisotopic (exact) mass is 263 g/mol. The zero-order valence-corrected chi connectivity index (χ0v) is 9.60. The van der Waals surface area contributed by atoms with Crippen LogP contribution in [0.3, 0.4) is 0 Å². The summed E-state index contributed by atoms with van der Waals surface area (Å²) in [5.74, 6) is 0. The van der Waals surface area contributed by atoms with E-state index in [4.69, 9.17) is 22.1 Å². The molecule has 0 aliphatic heterocycles. The number of benzene rings is 1. The van der Waals surface area contributed by atoms with E-state index in [0.29, 0.717) is 11.6 Å². The van der Waals surface area contributed by atoms with Crippen molar-refractivity contribution in [3.05, 3.63) is 33.3 Å². The van der Waals surface area contributed by atoms with Crippen molar-refractivity contribution in [3.63, 3.8) is 0 Å². The fourth-order valence-corrected chi connectivity index (χ4v) is 1.73. The van der Waals surface area contributed by atoms with Gasteiger partial charge in [-0.1, -0.05) is 27.5 Å². The van der Waals surface area contributed by atoms with Crippen molar-refractivity contribution in [2.45, 2.75) is 6.10 Å². The number of methoxy groups -OCH3 is 1. The van der Waals surface area contributed by atoms with Crippen LogP contribution in [-0.2, 0) is 4.74 Å². The lowest BCUT2D eigenvalue weighted by atomic mass is 10.1. The lowest BCUT2D eigenvalue weighted by molar-refractivity contribution is 0.110. The predicted molar refractivity (Wildman–Crippen MR) is 58.0 cm³/mol. The van der Waals surface area contributed by atoms with Crippen LogP contribution in [0.25, 0.3) is 0 Å². The average Bonchev–Trinajstić information content (AvgIpc) is 2.13. The Kier molecular flexibility index (Phi) is 4.19. The van der Waals surface area contributed by atoms with Crippen LogP contribution in [0.1, 0.15) is 11.7 Å². The molecule has 1 unspecified atom stereocenters. The number of halogens is 2. The number of hydrogen-bond acceptors (Lipinski definition) is 2. The van der Waals surface area contributed by atoms with Crippen molar-refractivity contribution in [1.82, 2.24) is 0 Å². The fourth-order valence-electron chi connectivity index (χ4n) is 1.11. The second kappa shape index (κ2) is 4.96. The topological polar surface area (TPSA) is 35.2 Å². The van der Waals surface area contributed by atoms with Crippen LogP contribution in [0.5, 0.6) is 0 Å². The molecule has 1 atom stereocenters. The van der Waals surface area contributed by atoms with Crippen LogP contribution in [0, 0.1) is 0 Å². The van der Waals surface area contributed by atoms with Crippen LogP contribution in [0.15, 0.2) is 22.7 Å². The Bertz CT molecular complexity index is 289. The summed E-state index contributed by atoms with van der Waals surface area (Å²) in [6.07, 6.45) is -0.134. The zero-order valence-electron chi connectivity index (χ0n) is 7.26. The number of nitrogens with two attached hydrogens (primary N) is 1. The smallest absolute Gasteiger partial charge is 0.0958 e. The molecule has 0 amide bonds. The molecule has 0 aliphatic rings. The van der Waals surface area contributed by atoms with E-state index in [2.05, 4.69) is 15.9 Å². The molecule has 72 valence electrons. The first-order valence-electron chi connectivity index (χ1n) is 3.87. The van der Waals surface area contributed by atoms with Crippen molar-refractivity contribution in [2.75, 3.05) is 13.7 Å². The zero-order chi connectivity index (χ0) is 9.84. The normalized spacial score (nSPS) is 12.9. The summed E-state index contributed by atoms with van der Waals surface area (Å²) in [4.78, 5) is 0. The van der Waals surface area contributed by atoms with Crippen LogP contribution in [-0.4, -0.2) is 13.7 Å². The molecule has 0 saturated heterocycles. The Balaban J connectivity index is 3.03. The maximum atomic E-state index is 5.99.